The quantitative estimate of drug-likeness (QED) is 0.893. The molecule has 1 amide bonds. The van der Waals surface area contributed by atoms with Gasteiger partial charge in [0.25, 0.3) is 0 Å². The number of aromatic nitrogens is 3. The summed E-state index contributed by atoms with van der Waals surface area (Å²) < 4.78 is 5.35. The Balaban J connectivity index is 1.56. The summed E-state index contributed by atoms with van der Waals surface area (Å²) in [5.74, 6) is 1.42. The predicted molar refractivity (Wildman–Crippen MR) is 97.7 cm³/mol. The first-order valence-electron chi connectivity index (χ1n) is 8.86. The highest BCUT2D eigenvalue weighted by Crippen LogP contribution is 2.28. The Kier molecular flexibility index (Phi) is 4.83. The van der Waals surface area contributed by atoms with Gasteiger partial charge in [-0.05, 0) is 52.5 Å². The van der Waals surface area contributed by atoms with E-state index in [0.717, 1.165) is 42.8 Å². The number of carbonyl (C=O) groups is 1. The molecule has 0 saturated carbocycles. The molecule has 0 spiro atoms. The van der Waals surface area contributed by atoms with Crippen LogP contribution >= 0.6 is 0 Å². The minimum atomic E-state index is -0.470. The van der Waals surface area contributed by atoms with Crippen LogP contribution < -0.4 is 10.2 Å². The number of ether oxygens (including phenoxy) is 1. The number of aromatic amines is 1. The maximum absolute atomic E-state index is 12.0. The van der Waals surface area contributed by atoms with Crippen LogP contribution in [0.3, 0.4) is 0 Å². The molecule has 2 aromatic heterocycles. The van der Waals surface area contributed by atoms with E-state index in [0.29, 0.717) is 5.92 Å². The third-order valence-corrected chi connectivity index (χ3v) is 4.62. The molecule has 0 aromatic carbocycles. The lowest BCUT2D eigenvalue weighted by atomic mass is 9.90. The van der Waals surface area contributed by atoms with Crippen molar-refractivity contribution in [3.63, 3.8) is 0 Å². The van der Waals surface area contributed by atoms with Gasteiger partial charge in [0.2, 0.25) is 0 Å². The molecule has 1 atom stereocenters. The largest absolute Gasteiger partial charge is 0.444 e. The second-order valence-electron chi connectivity index (χ2n) is 7.70. The summed E-state index contributed by atoms with van der Waals surface area (Å²) in [6.45, 7) is 9.52. The van der Waals surface area contributed by atoms with E-state index >= 15 is 0 Å². The van der Waals surface area contributed by atoms with Crippen molar-refractivity contribution in [2.24, 2.45) is 5.92 Å². The van der Waals surface area contributed by atoms with Crippen LogP contribution in [0, 0.1) is 5.92 Å². The van der Waals surface area contributed by atoms with Crippen molar-refractivity contribution >= 4 is 22.9 Å². The van der Waals surface area contributed by atoms with E-state index in [1.165, 1.54) is 0 Å². The zero-order chi connectivity index (χ0) is 18.0. The number of anilines is 1. The molecular weight excluding hydrogens is 318 g/mol. The fourth-order valence-corrected chi connectivity index (χ4v) is 3.33. The lowest BCUT2D eigenvalue weighted by Crippen LogP contribution is -2.45. The van der Waals surface area contributed by atoms with Crippen LogP contribution in [-0.2, 0) is 4.74 Å². The van der Waals surface area contributed by atoms with E-state index in [1.54, 1.807) is 6.33 Å². The minimum absolute atomic E-state index is 0.0923. The molecule has 1 aliphatic rings. The van der Waals surface area contributed by atoms with Crippen LogP contribution in [0.15, 0.2) is 18.6 Å². The average Bonchev–Trinajstić information content (AvgIpc) is 3.01. The van der Waals surface area contributed by atoms with Crippen LogP contribution in [0.4, 0.5) is 10.6 Å². The van der Waals surface area contributed by atoms with Crippen molar-refractivity contribution < 1.29 is 9.53 Å². The van der Waals surface area contributed by atoms with Gasteiger partial charge in [-0.1, -0.05) is 0 Å². The lowest BCUT2D eigenvalue weighted by Gasteiger charge is -2.36. The fraction of sp³-hybridized carbons (Fsp3) is 0.611. The SMILES string of the molecule is CC(NC(=O)OC(C)(C)C)C1CCN(c2ncnc3[nH]ccc23)CC1. The number of H-pyrrole nitrogens is 1. The number of hydrogen-bond donors (Lipinski definition) is 2. The van der Waals surface area contributed by atoms with E-state index in [-0.39, 0.29) is 12.1 Å². The number of alkyl carbamates (subject to hydrolysis) is 1. The zero-order valence-electron chi connectivity index (χ0n) is 15.4. The fourth-order valence-electron chi connectivity index (χ4n) is 3.33. The molecule has 3 heterocycles. The summed E-state index contributed by atoms with van der Waals surface area (Å²) in [5.41, 5.74) is 0.398. The van der Waals surface area contributed by atoms with E-state index in [1.807, 2.05) is 33.0 Å². The first kappa shape index (κ1) is 17.5. The van der Waals surface area contributed by atoms with Gasteiger partial charge in [-0.2, -0.15) is 0 Å². The van der Waals surface area contributed by atoms with Crippen LogP contribution in [0.5, 0.6) is 0 Å². The smallest absolute Gasteiger partial charge is 0.407 e. The summed E-state index contributed by atoms with van der Waals surface area (Å²) >= 11 is 0. The monoisotopic (exact) mass is 345 g/mol. The number of hydrogen-bond acceptors (Lipinski definition) is 5. The lowest BCUT2D eigenvalue weighted by molar-refractivity contribution is 0.0487. The average molecular weight is 345 g/mol. The zero-order valence-corrected chi connectivity index (χ0v) is 15.4. The Morgan fingerprint density at radius 2 is 2.08 bits per heavy atom. The highest BCUT2D eigenvalue weighted by atomic mass is 16.6. The minimum Gasteiger partial charge on any atom is -0.444 e. The van der Waals surface area contributed by atoms with Crippen molar-refractivity contribution in [3.05, 3.63) is 18.6 Å². The van der Waals surface area contributed by atoms with Crippen LogP contribution in [0.25, 0.3) is 11.0 Å². The summed E-state index contributed by atoms with van der Waals surface area (Å²) in [6.07, 6.45) is 5.17. The number of piperidine rings is 1. The first-order valence-corrected chi connectivity index (χ1v) is 8.86. The predicted octanol–water partition coefficient (Wildman–Crippen LogP) is 3.09. The molecule has 7 heteroatoms. The van der Waals surface area contributed by atoms with E-state index in [4.69, 9.17) is 4.74 Å². The molecule has 0 aliphatic carbocycles. The van der Waals surface area contributed by atoms with Gasteiger partial charge in [-0.3, -0.25) is 0 Å². The van der Waals surface area contributed by atoms with Crippen LogP contribution in [0.2, 0.25) is 0 Å². The van der Waals surface area contributed by atoms with Gasteiger partial charge < -0.3 is 19.9 Å². The van der Waals surface area contributed by atoms with Crippen molar-refractivity contribution in [1.29, 1.82) is 0 Å². The summed E-state index contributed by atoms with van der Waals surface area (Å²) in [4.78, 5) is 26.1. The Labute approximate surface area is 148 Å². The molecule has 7 nitrogen and oxygen atoms in total. The van der Waals surface area contributed by atoms with Gasteiger partial charge in [0.1, 0.15) is 23.4 Å². The Hall–Kier alpha value is -2.31. The molecule has 0 radical (unpaired) electrons. The van der Waals surface area contributed by atoms with E-state index in [9.17, 15) is 4.79 Å². The second-order valence-corrected chi connectivity index (χ2v) is 7.70. The van der Waals surface area contributed by atoms with Crippen molar-refractivity contribution in [2.75, 3.05) is 18.0 Å². The van der Waals surface area contributed by atoms with Crippen LogP contribution in [-0.4, -0.2) is 45.8 Å². The molecule has 1 saturated heterocycles. The van der Waals surface area contributed by atoms with E-state index in [2.05, 4.69) is 32.1 Å². The Morgan fingerprint density at radius 1 is 1.36 bits per heavy atom. The van der Waals surface area contributed by atoms with Gasteiger partial charge in [0.05, 0.1) is 5.39 Å². The van der Waals surface area contributed by atoms with Gasteiger partial charge in [-0.15, -0.1) is 0 Å². The molecule has 25 heavy (non-hydrogen) atoms. The van der Waals surface area contributed by atoms with E-state index < -0.39 is 5.60 Å². The molecule has 2 N–H and O–H groups in total. The molecule has 136 valence electrons. The molecule has 2 aromatic rings. The number of amides is 1. The molecule has 1 unspecified atom stereocenters. The Morgan fingerprint density at radius 3 is 2.76 bits per heavy atom. The molecule has 1 fully saturated rings. The molecular formula is C18H27N5O2. The van der Waals surface area contributed by atoms with Crippen LogP contribution in [0.1, 0.15) is 40.5 Å². The first-order chi connectivity index (χ1) is 11.8. The molecule has 1 aliphatic heterocycles. The van der Waals surface area contributed by atoms with Gasteiger partial charge in [-0.25, -0.2) is 14.8 Å². The highest BCUT2D eigenvalue weighted by molar-refractivity contribution is 5.87. The third kappa shape index (κ3) is 4.21. The number of carbonyl (C=O) groups excluding carboxylic acids is 1. The topological polar surface area (TPSA) is 83.1 Å². The third-order valence-electron chi connectivity index (χ3n) is 4.62. The van der Waals surface area contributed by atoms with Gasteiger partial charge in [0.15, 0.2) is 0 Å². The number of nitrogens with zero attached hydrogens (tertiary/aromatic N) is 3. The normalized spacial score (nSPS) is 17.5. The molecule has 0 bridgehead atoms. The highest BCUT2D eigenvalue weighted by Gasteiger charge is 2.27. The van der Waals surface area contributed by atoms with Gasteiger partial charge >= 0.3 is 6.09 Å². The summed E-state index contributed by atoms with van der Waals surface area (Å²) in [7, 11) is 0. The number of rotatable bonds is 3. The van der Waals surface area contributed by atoms with Crippen molar-refractivity contribution in [1.82, 2.24) is 20.3 Å². The maximum Gasteiger partial charge on any atom is 0.407 e. The number of fused-ring (bicyclic) bond motifs is 1. The maximum atomic E-state index is 12.0. The summed E-state index contributed by atoms with van der Waals surface area (Å²) in [6, 6.07) is 2.11. The van der Waals surface area contributed by atoms with Crippen molar-refractivity contribution in [2.45, 2.75) is 52.2 Å². The van der Waals surface area contributed by atoms with Crippen molar-refractivity contribution in [3.8, 4) is 0 Å². The molecule has 3 rings (SSSR count). The number of nitrogens with one attached hydrogen (secondary N) is 2. The standard InChI is InChI=1S/C18H27N5O2/c1-12(22-17(24)25-18(2,3)4)13-6-9-23(10-7-13)16-14-5-8-19-15(14)20-11-21-16/h5,8,11-13H,6-7,9-10H2,1-4H3,(H,22,24)(H,19,20,21). The summed E-state index contributed by atoms with van der Waals surface area (Å²) in [5, 5.41) is 4.03. The second kappa shape index (κ2) is 6.90. The Bertz CT molecular complexity index is 728. The van der Waals surface area contributed by atoms with Gasteiger partial charge in [0, 0.05) is 25.3 Å².